The minimum absolute atomic E-state index is 0.299. The summed E-state index contributed by atoms with van der Waals surface area (Å²) in [5, 5.41) is 0.163. The molecule has 0 N–H and O–H groups in total. The molecule has 80 valence electrons. The second-order valence-electron chi connectivity index (χ2n) is 3.16. The summed E-state index contributed by atoms with van der Waals surface area (Å²) < 4.78 is 5.06. The van der Waals surface area contributed by atoms with E-state index in [1.807, 2.05) is 12.1 Å². The van der Waals surface area contributed by atoms with Crippen molar-refractivity contribution in [3.8, 4) is 0 Å². The van der Waals surface area contributed by atoms with Crippen LogP contribution in [0.4, 0.5) is 0 Å². The van der Waals surface area contributed by atoms with Crippen LogP contribution < -0.4 is 5.63 Å². The smallest absolute Gasteiger partial charge is 0.343 e. The number of benzene rings is 1. The number of halogens is 1. The van der Waals surface area contributed by atoms with Crippen LogP contribution >= 0.6 is 11.6 Å². The molecule has 1 aromatic carbocycles. The summed E-state index contributed by atoms with van der Waals surface area (Å²) in [5.74, 6) is 0. The number of allylic oxidation sites excluding steroid dienone is 1. The molecule has 16 heavy (non-hydrogen) atoms. The van der Waals surface area contributed by atoms with Crippen molar-refractivity contribution in [2.24, 2.45) is 0 Å². The van der Waals surface area contributed by atoms with Crippen LogP contribution in [0, 0.1) is 0 Å². The highest BCUT2D eigenvalue weighted by atomic mass is 35.5. The zero-order valence-electron chi connectivity index (χ0n) is 8.14. The molecular weight excluding hydrogens is 228 g/mol. The topological polar surface area (TPSA) is 47.3 Å². The molecule has 0 amide bonds. The lowest BCUT2D eigenvalue weighted by Gasteiger charge is -1.96. The second-order valence-corrected chi connectivity index (χ2v) is 3.54. The number of hydrogen-bond donors (Lipinski definition) is 0. The Morgan fingerprint density at radius 2 is 2.06 bits per heavy atom. The number of fused-ring (bicyclic) bond motifs is 1. The van der Waals surface area contributed by atoms with Crippen LogP contribution in [0.1, 0.15) is 5.56 Å². The molecule has 0 spiro atoms. The van der Waals surface area contributed by atoms with Crippen molar-refractivity contribution in [1.82, 2.24) is 0 Å². The Balaban J connectivity index is 2.59. The number of hydrogen-bond acceptors (Lipinski definition) is 3. The molecule has 0 aliphatic heterocycles. The van der Waals surface area contributed by atoms with Gasteiger partial charge < -0.3 is 4.42 Å². The van der Waals surface area contributed by atoms with Gasteiger partial charge >= 0.3 is 5.63 Å². The van der Waals surface area contributed by atoms with Crippen LogP contribution in [0.15, 0.2) is 45.6 Å². The second kappa shape index (κ2) is 4.33. The lowest BCUT2D eigenvalue weighted by molar-refractivity contribution is -0.107. The minimum Gasteiger partial charge on any atom is -0.422 e. The van der Waals surface area contributed by atoms with Gasteiger partial charge in [0.05, 0.1) is 5.56 Å². The van der Waals surface area contributed by atoms with E-state index in [1.165, 1.54) is 6.08 Å². The lowest BCUT2D eigenvalue weighted by atomic mass is 10.2. The fraction of sp³-hybridized carbons (Fsp3) is 0. The van der Waals surface area contributed by atoms with E-state index in [1.54, 1.807) is 18.2 Å². The van der Waals surface area contributed by atoms with Crippen molar-refractivity contribution in [2.75, 3.05) is 0 Å². The predicted octanol–water partition coefficient (Wildman–Crippen LogP) is 2.57. The Morgan fingerprint density at radius 3 is 2.81 bits per heavy atom. The molecular formula is C12H7ClO3. The molecule has 0 atom stereocenters. The van der Waals surface area contributed by atoms with Crippen LogP contribution in [0.25, 0.3) is 17.0 Å². The third kappa shape index (κ3) is 2.20. The standard InChI is InChI=1S/C12H7ClO3/c13-11(14)6-5-9-7-8-3-1-2-4-10(8)16-12(9)15/h1-7H/b6-5+. The van der Waals surface area contributed by atoms with Crippen LogP contribution in [-0.4, -0.2) is 5.24 Å². The maximum absolute atomic E-state index is 11.5. The van der Waals surface area contributed by atoms with Gasteiger partial charge in [-0.2, -0.15) is 0 Å². The summed E-state index contributed by atoms with van der Waals surface area (Å²) >= 11 is 5.14. The van der Waals surface area contributed by atoms with Crippen LogP contribution in [-0.2, 0) is 4.79 Å². The molecule has 2 rings (SSSR count). The van der Waals surface area contributed by atoms with E-state index < -0.39 is 10.9 Å². The number of para-hydroxylation sites is 1. The van der Waals surface area contributed by atoms with E-state index in [2.05, 4.69) is 0 Å². The monoisotopic (exact) mass is 234 g/mol. The van der Waals surface area contributed by atoms with Crippen molar-refractivity contribution in [3.05, 3.63) is 52.4 Å². The van der Waals surface area contributed by atoms with E-state index in [0.717, 1.165) is 11.5 Å². The molecule has 0 radical (unpaired) electrons. The lowest BCUT2D eigenvalue weighted by Crippen LogP contribution is -2.02. The summed E-state index contributed by atoms with van der Waals surface area (Å²) in [6.07, 6.45) is 2.45. The predicted molar refractivity (Wildman–Crippen MR) is 62.4 cm³/mol. The molecule has 0 unspecified atom stereocenters. The van der Waals surface area contributed by atoms with Gasteiger partial charge in [-0.25, -0.2) is 4.79 Å². The Morgan fingerprint density at radius 1 is 1.31 bits per heavy atom. The van der Waals surface area contributed by atoms with E-state index in [-0.39, 0.29) is 0 Å². The van der Waals surface area contributed by atoms with Crippen molar-refractivity contribution in [2.45, 2.75) is 0 Å². The first-order valence-corrected chi connectivity index (χ1v) is 4.95. The molecule has 0 saturated heterocycles. The Kier molecular flexibility index (Phi) is 2.88. The maximum atomic E-state index is 11.5. The Bertz CT molecular complexity index is 625. The third-order valence-electron chi connectivity index (χ3n) is 2.06. The van der Waals surface area contributed by atoms with Crippen molar-refractivity contribution < 1.29 is 9.21 Å². The maximum Gasteiger partial charge on any atom is 0.343 e. The molecule has 1 heterocycles. The van der Waals surface area contributed by atoms with Gasteiger partial charge in [0, 0.05) is 5.39 Å². The van der Waals surface area contributed by atoms with Gasteiger partial charge in [-0.3, -0.25) is 4.79 Å². The molecule has 2 aromatic rings. The first kappa shape index (κ1) is 10.6. The third-order valence-corrected chi connectivity index (χ3v) is 2.19. The highest BCUT2D eigenvalue weighted by Gasteiger charge is 2.01. The normalized spacial score (nSPS) is 11.1. The summed E-state index contributed by atoms with van der Waals surface area (Å²) in [4.78, 5) is 22.0. The summed E-state index contributed by atoms with van der Waals surface area (Å²) in [7, 11) is 0. The van der Waals surface area contributed by atoms with Crippen LogP contribution in [0.5, 0.6) is 0 Å². The Labute approximate surface area is 95.9 Å². The SMILES string of the molecule is O=C(Cl)/C=C/c1cc2ccccc2oc1=O. The van der Waals surface area contributed by atoms with E-state index in [9.17, 15) is 9.59 Å². The molecule has 0 saturated carbocycles. The van der Waals surface area contributed by atoms with Crippen LogP contribution in [0.2, 0.25) is 0 Å². The van der Waals surface area contributed by atoms with Crippen LogP contribution in [0.3, 0.4) is 0 Å². The fourth-order valence-electron chi connectivity index (χ4n) is 1.35. The van der Waals surface area contributed by atoms with Gasteiger partial charge in [-0.15, -0.1) is 0 Å². The number of carbonyl (C=O) groups excluding carboxylic acids is 1. The largest absolute Gasteiger partial charge is 0.422 e. The molecule has 4 heteroatoms. The van der Waals surface area contributed by atoms with Crippen molar-refractivity contribution >= 4 is 33.9 Å². The first-order chi connectivity index (χ1) is 7.66. The van der Waals surface area contributed by atoms with Gasteiger partial charge in [0.2, 0.25) is 5.24 Å². The zero-order valence-corrected chi connectivity index (χ0v) is 8.90. The molecule has 0 aliphatic rings. The first-order valence-electron chi connectivity index (χ1n) is 4.57. The summed E-state index contributed by atoms with van der Waals surface area (Å²) in [6, 6.07) is 8.79. The molecule has 3 nitrogen and oxygen atoms in total. The van der Waals surface area contributed by atoms with E-state index >= 15 is 0 Å². The van der Waals surface area contributed by atoms with E-state index in [4.69, 9.17) is 16.0 Å². The molecule has 0 fully saturated rings. The average molecular weight is 235 g/mol. The fourth-order valence-corrected chi connectivity index (χ4v) is 1.41. The average Bonchev–Trinajstić information content (AvgIpc) is 2.26. The summed E-state index contributed by atoms with van der Waals surface area (Å²) in [6.45, 7) is 0. The number of carbonyl (C=O) groups is 1. The van der Waals surface area contributed by atoms with Gasteiger partial charge in [-0.05, 0) is 35.9 Å². The minimum atomic E-state index is -0.632. The summed E-state index contributed by atoms with van der Waals surface area (Å²) in [5.41, 5.74) is 0.322. The molecule has 0 aliphatic carbocycles. The van der Waals surface area contributed by atoms with Gasteiger partial charge in [0.1, 0.15) is 5.58 Å². The highest BCUT2D eigenvalue weighted by molar-refractivity contribution is 6.66. The van der Waals surface area contributed by atoms with E-state index in [0.29, 0.717) is 11.1 Å². The molecule has 1 aromatic heterocycles. The highest BCUT2D eigenvalue weighted by Crippen LogP contribution is 2.13. The number of rotatable bonds is 2. The van der Waals surface area contributed by atoms with Crippen molar-refractivity contribution in [1.29, 1.82) is 0 Å². The van der Waals surface area contributed by atoms with Gasteiger partial charge in [-0.1, -0.05) is 18.2 Å². The van der Waals surface area contributed by atoms with Gasteiger partial charge in [0.15, 0.2) is 0 Å². The van der Waals surface area contributed by atoms with Gasteiger partial charge in [0.25, 0.3) is 0 Å². The Hall–Kier alpha value is -1.87. The zero-order chi connectivity index (χ0) is 11.5. The quantitative estimate of drug-likeness (QED) is 0.456. The van der Waals surface area contributed by atoms with Crippen molar-refractivity contribution in [3.63, 3.8) is 0 Å². The molecule has 0 bridgehead atoms.